The Kier molecular flexibility index (Phi) is 7.20. The highest BCUT2D eigenvalue weighted by Gasteiger charge is 2.23. The van der Waals surface area contributed by atoms with E-state index in [2.05, 4.69) is 9.71 Å². The summed E-state index contributed by atoms with van der Waals surface area (Å²) in [6.07, 6.45) is 4.54. The number of benzene rings is 2. The predicted octanol–water partition coefficient (Wildman–Crippen LogP) is 4.21. The monoisotopic (exact) mass is 444 g/mol. The summed E-state index contributed by atoms with van der Waals surface area (Å²) in [6.45, 7) is 0. The summed E-state index contributed by atoms with van der Waals surface area (Å²) in [7, 11) is -3.81. The van der Waals surface area contributed by atoms with Gasteiger partial charge in [0.05, 0.1) is 10.9 Å². The van der Waals surface area contributed by atoms with Crippen molar-refractivity contribution in [3.8, 4) is 0 Å². The average molecular weight is 445 g/mol. The second kappa shape index (κ2) is 9.84. The predicted molar refractivity (Wildman–Crippen MR) is 115 cm³/mol. The smallest absolute Gasteiger partial charge is 0.303 e. The van der Waals surface area contributed by atoms with Crippen molar-refractivity contribution in [1.82, 2.24) is 9.71 Å². The molecule has 1 unspecified atom stereocenters. The summed E-state index contributed by atoms with van der Waals surface area (Å²) in [5.74, 6) is -0.820. The van der Waals surface area contributed by atoms with E-state index in [0.29, 0.717) is 23.4 Å². The zero-order chi connectivity index (χ0) is 21.6. The molecule has 0 amide bonds. The summed E-state index contributed by atoms with van der Waals surface area (Å²) in [4.78, 5) is 14.9. The van der Waals surface area contributed by atoms with E-state index in [1.54, 1.807) is 18.5 Å². The summed E-state index contributed by atoms with van der Waals surface area (Å²) in [5.41, 5.74) is 2.45. The number of aromatic nitrogens is 1. The van der Waals surface area contributed by atoms with Crippen molar-refractivity contribution in [2.45, 2.75) is 30.2 Å². The Labute approximate surface area is 180 Å². The van der Waals surface area contributed by atoms with E-state index < -0.39 is 22.0 Å². The number of nitrogens with one attached hydrogen (secondary N) is 1. The molecule has 0 aliphatic rings. The third-order valence-corrected chi connectivity index (χ3v) is 6.27. The van der Waals surface area contributed by atoms with Gasteiger partial charge in [0, 0.05) is 23.8 Å². The fraction of sp³-hybridized carbons (Fsp3) is 0.182. The molecule has 0 saturated heterocycles. The van der Waals surface area contributed by atoms with Gasteiger partial charge in [0.15, 0.2) is 0 Å². The Bertz CT molecular complexity index is 1090. The molecule has 1 heterocycles. The number of hydrogen-bond donors (Lipinski definition) is 2. The van der Waals surface area contributed by atoms with Crippen molar-refractivity contribution in [2.24, 2.45) is 0 Å². The number of carbonyl (C=O) groups is 1. The van der Waals surface area contributed by atoms with E-state index in [4.69, 9.17) is 16.7 Å². The van der Waals surface area contributed by atoms with E-state index in [1.165, 1.54) is 24.3 Å². The van der Waals surface area contributed by atoms with E-state index in [-0.39, 0.29) is 11.3 Å². The molecular formula is C22H21ClN2O4S. The van der Waals surface area contributed by atoms with Gasteiger partial charge in [-0.2, -0.15) is 4.72 Å². The Morgan fingerprint density at radius 1 is 1.03 bits per heavy atom. The van der Waals surface area contributed by atoms with Gasteiger partial charge in [-0.3, -0.25) is 9.78 Å². The first-order valence-corrected chi connectivity index (χ1v) is 11.2. The average Bonchev–Trinajstić information content (AvgIpc) is 2.73. The summed E-state index contributed by atoms with van der Waals surface area (Å²) >= 11 is 5.87. The third-order valence-electron chi connectivity index (χ3n) is 4.58. The van der Waals surface area contributed by atoms with Crippen LogP contribution in [-0.4, -0.2) is 24.5 Å². The lowest BCUT2D eigenvalue weighted by atomic mass is 9.98. The minimum absolute atomic E-state index is 0.112. The van der Waals surface area contributed by atoms with Crippen LogP contribution in [0.3, 0.4) is 0 Å². The first-order chi connectivity index (χ1) is 14.3. The van der Waals surface area contributed by atoms with Crippen LogP contribution in [0.25, 0.3) is 0 Å². The zero-order valence-corrected chi connectivity index (χ0v) is 17.6. The molecule has 2 aromatic carbocycles. The fourth-order valence-electron chi connectivity index (χ4n) is 3.03. The standard InChI is InChI=1S/C22H21ClN2O4S/c23-19-10-12-20(13-11-19)30(28,29)25-22(18-4-2-14-24-15-18)17-8-6-16(7-9-17)3-1-5-21(26)27/h2,4,6-15,22,25H,1,3,5H2,(H,26,27). The van der Waals surface area contributed by atoms with E-state index >= 15 is 0 Å². The van der Waals surface area contributed by atoms with E-state index in [9.17, 15) is 13.2 Å². The maximum Gasteiger partial charge on any atom is 0.303 e. The molecule has 0 radical (unpaired) electrons. The first-order valence-electron chi connectivity index (χ1n) is 9.33. The molecule has 2 N–H and O–H groups in total. The normalized spacial score (nSPS) is 12.4. The van der Waals surface area contributed by atoms with Crippen LogP contribution in [0.4, 0.5) is 0 Å². The largest absolute Gasteiger partial charge is 0.481 e. The number of sulfonamides is 1. The van der Waals surface area contributed by atoms with Crippen LogP contribution in [0.15, 0.2) is 78.0 Å². The van der Waals surface area contributed by atoms with Crippen molar-refractivity contribution in [1.29, 1.82) is 0 Å². The Morgan fingerprint density at radius 3 is 2.33 bits per heavy atom. The molecule has 3 rings (SSSR count). The molecule has 6 nitrogen and oxygen atoms in total. The molecule has 1 atom stereocenters. The third kappa shape index (κ3) is 5.89. The van der Waals surface area contributed by atoms with Gasteiger partial charge in [-0.15, -0.1) is 0 Å². The lowest BCUT2D eigenvalue weighted by molar-refractivity contribution is -0.137. The number of carboxylic acid groups (broad SMARTS) is 1. The molecule has 3 aromatic rings. The number of aryl methyl sites for hydroxylation is 1. The molecule has 0 spiro atoms. The minimum atomic E-state index is -3.81. The molecule has 0 fully saturated rings. The van der Waals surface area contributed by atoms with Gasteiger partial charge in [0.2, 0.25) is 10.0 Å². The van der Waals surface area contributed by atoms with Crippen molar-refractivity contribution < 1.29 is 18.3 Å². The maximum absolute atomic E-state index is 12.9. The molecular weight excluding hydrogens is 424 g/mol. The minimum Gasteiger partial charge on any atom is -0.481 e. The molecule has 1 aromatic heterocycles. The highest BCUT2D eigenvalue weighted by molar-refractivity contribution is 7.89. The number of rotatable bonds is 9. The lowest BCUT2D eigenvalue weighted by Crippen LogP contribution is -2.29. The van der Waals surface area contributed by atoms with Crippen LogP contribution in [0, 0.1) is 0 Å². The van der Waals surface area contributed by atoms with Crippen LogP contribution in [0.2, 0.25) is 5.02 Å². The quantitative estimate of drug-likeness (QED) is 0.515. The van der Waals surface area contributed by atoms with E-state index in [1.807, 2.05) is 30.3 Å². The van der Waals surface area contributed by atoms with Gasteiger partial charge in [-0.05, 0) is 59.9 Å². The topological polar surface area (TPSA) is 96.4 Å². The fourth-order valence-corrected chi connectivity index (χ4v) is 4.37. The van der Waals surface area contributed by atoms with Crippen molar-refractivity contribution >= 4 is 27.6 Å². The maximum atomic E-state index is 12.9. The van der Waals surface area contributed by atoms with Gasteiger partial charge in [0.1, 0.15) is 0 Å². The summed E-state index contributed by atoms with van der Waals surface area (Å²) in [6, 6.07) is 16.4. The summed E-state index contributed by atoms with van der Waals surface area (Å²) in [5, 5.41) is 9.23. The van der Waals surface area contributed by atoms with Gasteiger partial charge in [0.25, 0.3) is 0 Å². The van der Waals surface area contributed by atoms with Crippen molar-refractivity contribution in [3.05, 3.63) is 94.8 Å². The molecule has 8 heteroatoms. The molecule has 0 aliphatic carbocycles. The van der Waals surface area contributed by atoms with Crippen LogP contribution in [0.1, 0.15) is 35.6 Å². The first kappa shape index (κ1) is 22.0. The van der Waals surface area contributed by atoms with E-state index in [0.717, 1.165) is 11.1 Å². The number of hydrogen-bond acceptors (Lipinski definition) is 4. The van der Waals surface area contributed by atoms with Gasteiger partial charge >= 0.3 is 5.97 Å². The SMILES string of the molecule is O=C(O)CCCc1ccc(C(NS(=O)(=O)c2ccc(Cl)cc2)c2cccnc2)cc1. The molecule has 0 bridgehead atoms. The van der Waals surface area contributed by atoms with Gasteiger partial charge < -0.3 is 5.11 Å². The van der Waals surface area contributed by atoms with Crippen LogP contribution < -0.4 is 4.72 Å². The number of nitrogens with zero attached hydrogens (tertiary/aromatic N) is 1. The van der Waals surface area contributed by atoms with Crippen LogP contribution in [-0.2, 0) is 21.2 Å². The van der Waals surface area contributed by atoms with Crippen LogP contribution in [0.5, 0.6) is 0 Å². The second-order valence-electron chi connectivity index (χ2n) is 6.78. The molecule has 156 valence electrons. The van der Waals surface area contributed by atoms with Gasteiger partial charge in [-0.25, -0.2) is 8.42 Å². The molecule has 0 aliphatic heterocycles. The zero-order valence-electron chi connectivity index (χ0n) is 16.0. The Hall–Kier alpha value is -2.74. The highest BCUT2D eigenvalue weighted by Crippen LogP contribution is 2.25. The Balaban J connectivity index is 1.86. The van der Waals surface area contributed by atoms with Crippen molar-refractivity contribution in [3.63, 3.8) is 0 Å². The van der Waals surface area contributed by atoms with Crippen LogP contribution >= 0.6 is 11.6 Å². The molecule has 0 saturated carbocycles. The number of aliphatic carboxylic acids is 1. The number of carboxylic acids is 1. The number of halogens is 1. The second-order valence-corrected chi connectivity index (χ2v) is 8.93. The van der Waals surface area contributed by atoms with Crippen molar-refractivity contribution in [2.75, 3.05) is 0 Å². The summed E-state index contributed by atoms with van der Waals surface area (Å²) < 4.78 is 28.6. The van der Waals surface area contributed by atoms with Gasteiger partial charge in [-0.1, -0.05) is 41.9 Å². The highest BCUT2D eigenvalue weighted by atomic mass is 35.5. The molecule has 30 heavy (non-hydrogen) atoms. The number of pyridine rings is 1. The Morgan fingerprint density at radius 2 is 1.73 bits per heavy atom. The lowest BCUT2D eigenvalue weighted by Gasteiger charge is -2.20.